The van der Waals surface area contributed by atoms with Crippen molar-refractivity contribution in [3.05, 3.63) is 46.4 Å². The summed E-state index contributed by atoms with van der Waals surface area (Å²) in [5, 5.41) is 5.18. The average Bonchev–Trinajstić information content (AvgIpc) is 3.29. The minimum Gasteiger partial charge on any atom is -0.350 e. The molecule has 1 aromatic heterocycles. The molecule has 2 heterocycles. The number of amides is 1. The lowest BCUT2D eigenvalue weighted by atomic mass is 10.2. The molecule has 0 spiro atoms. The Hall–Kier alpha value is -1.37. The second kappa shape index (κ2) is 8.65. The quantitative estimate of drug-likeness (QED) is 0.765. The van der Waals surface area contributed by atoms with Gasteiger partial charge in [-0.25, -0.2) is 4.98 Å². The molecule has 0 bridgehead atoms. The number of hydrogen-bond donors (Lipinski definition) is 1. The van der Waals surface area contributed by atoms with Gasteiger partial charge in [0.25, 0.3) is 5.91 Å². The number of nitrogens with one attached hydrogen (secondary N) is 1. The van der Waals surface area contributed by atoms with Crippen molar-refractivity contribution < 1.29 is 4.79 Å². The van der Waals surface area contributed by atoms with Gasteiger partial charge in [0, 0.05) is 28.6 Å². The van der Waals surface area contributed by atoms with Crippen molar-refractivity contribution in [1.29, 1.82) is 0 Å². The van der Waals surface area contributed by atoms with Gasteiger partial charge >= 0.3 is 0 Å². The number of thiazole rings is 1. The van der Waals surface area contributed by atoms with Crippen LogP contribution in [0.3, 0.4) is 0 Å². The summed E-state index contributed by atoms with van der Waals surface area (Å²) in [6.07, 6.45) is 2.41. The van der Waals surface area contributed by atoms with Gasteiger partial charge in [0.2, 0.25) is 0 Å². The van der Waals surface area contributed by atoms with E-state index in [0.717, 1.165) is 41.5 Å². The number of thioether (sulfide) groups is 1. The fraction of sp³-hybridized carbons (Fsp3) is 0.444. The highest BCUT2D eigenvalue weighted by molar-refractivity contribution is 7.98. The van der Waals surface area contributed by atoms with Gasteiger partial charge in [-0.3, -0.25) is 9.69 Å². The van der Waals surface area contributed by atoms with E-state index >= 15 is 0 Å². The maximum atomic E-state index is 12.6. The Morgan fingerprint density at radius 2 is 2.33 bits per heavy atom. The molecule has 4 nitrogen and oxygen atoms in total. The number of carbonyl (C=O) groups is 1. The highest BCUT2D eigenvalue weighted by Crippen LogP contribution is 2.26. The number of rotatable bonds is 7. The molecule has 1 aliphatic rings. The number of carbonyl (C=O) groups excluding carboxylic acids is 1. The fourth-order valence-electron chi connectivity index (χ4n) is 3.09. The van der Waals surface area contributed by atoms with Crippen molar-refractivity contribution in [2.24, 2.45) is 0 Å². The maximum absolute atomic E-state index is 12.6. The second-order valence-electron chi connectivity index (χ2n) is 5.90. The van der Waals surface area contributed by atoms with Crippen molar-refractivity contribution in [1.82, 2.24) is 15.2 Å². The number of hydrogen-bond acceptors (Lipinski definition) is 5. The lowest BCUT2D eigenvalue weighted by molar-refractivity contribution is 0.0938. The van der Waals surface area contributed by atoms with E-state index in [1.807, 2.05) is 29.8 Å². The van der Waals surface area contributed by atoms with Crippen LogP contribution in [0.1, 0.15) is 35.8 Å². The van der Waals surface area contributed by atoms with Crippen molar-refractivity contribution in [3.8, 4) is 0 Å². The molecule has 3 rings (SSSR count). The molecule has 24 heavy (non-hydrogen) atoms. The molecular weight excluding hydrogens is 338 g/mol. The lowest BCUT2D eigenvalue weighted by Gasteiger charge is -2.23. The van der Waals surface area contributed by atoms with Gasteiger partial charge in [0.05, 0.1) is 16.8 Å². The number of likely N-dealkylation sites (N-methyl/N-ethyl adjacent to an activating group) is 1. The summed E-state index contributed by atoms with van der Waals surface area (Å²) in [6, 6.07) is 8.31. The zero-order valence-electron chi connectivity index (χ0n) is 13.9. The summed E-state index contributed by atoms with van der Waals surface area (Å²) in [7, 11) is 0. The Balaban J connectivity index is 1.60. The molecule has 1 amide bonds. The second-order valence-corrected chi connectivity index (χ2v) is 7.64. The molecule has 128 valence electrons. The molecule has 0 radical (unpaired) electrons. The summed E-state index contributed by atoms with van der Waals surface area (Å²) in [5.74, 6) is 0.819. The summed E-state index contributed by atoms with van der Waals surface area (Å²) in [6.45, 7) is 5.13. The normalized spacial score (nSPS) is 18.0. The van der Waals surface area contributed by atoms with E-state index in [-0.39, 0.29) is 5.91 Å². The third kappa shape index (κ3) is 4.37. The van der Waals surface area contributed by atoms with Gasteiger partial charge in [-0.1, -0.05) is 19.1 Å². The van der Waals surface area contributed by atoms with Gasteiger partial charge in [0.1, 0.15) is 0 Å². The number of nitrogens with zero attached hydrogens (tertiary/aromatic N) is 2. The first-order valence-corrected chi connectivity index (χ1v) is 10.3. The van der Waals surface area contributed by atoms with Crippen LogP contribution in [0.4, 0.5) is 0 Å². The summed E-state index contributed by atoms with van der Waals surface area (Å²) in [4.78, 5) is 20.4. The Morgan fingerprint density at radius 1 is 1.46 bits per heavy atom. The molecule has 1 aromatic carbocycles. The SMILES string of the molecule is CCN1CCCC1CNC(=O)c1ccccc1SCc1cscn1. The highest BCUT2D eigenvalue weighted by atomic mass is 32.2. The molecule has 2 aromatic rings. The Kier molecular flexibility index (Phi) is 6.29. The standard InChI is InChI=1S/C18H23N3OS2/c1-2-21-9-5-6-15(21)10-19-18(22)16-7-3-4-8-17(16)24-12-14-11-23-13-20-14/h3-4,7-8,11,13,15H,2,5-6,9-10,12H2,1H3,(H,19,22). The van der Waals surface area contributed by atoms with Crippen LogP contribution in [0, 0.1) is 0 Å². The monoisotopic (exact) mass is 361 g/mol. The molecule has 1 unspecified atom stereocenters. The minimum atomic E-state index is 0.0272. The Bertz CT molecular complexity index is 660. The van der Waals surface area contributed by atoms with E-state index in [9.17, 15) is 4.79 Å². The fourth-order valence-corrected chi connectivity index (χ4v) is 4.71. The molecule has 0 aliphatic carbocycles. The van der Waals surface area contributed by atoms with Gasteiger partial charge < -0.3 is 5.32 Å². The molecule has 1 atom stereocenters. The zero-order chi connectivity index (χ0) is 16.8. The molecular formula is C18H23N3OS2. The molecule has 1 saturated heterocycles. The van der Waals surface area contributed by atoms with Gasteiger partial charge in [0.15, 0.2) is 0 Å². The van der Waals surface area contributed by atoms with E-state index in [2.05, 4.69) is 27.5 Å². The molecule has 0 saturated carbocycles. The van der Waals surface area contributed by atoms with Crippen molar-refractivity contribution in [2.75, 3.05) is 19.6 Å². The molecule has 6 heteroatoms. The summed E-state index contributed by atoms with van der Waals surface area (Å²) >= 11 is 3.27. The smallest absolute Gasteiger partial charge is 0.252 e. The van der Waals surface area contributed by atoms with Crippen LogP contribution < -0.4 is 5.32 Å². The average molecular weight is 362 g/mol. The first-order valence-electron chi connectivity index (χ1n) is 8.39. The summed E-state index contributed by atoms with van der Waals surface area (Å²) < 4.78 is 0. The summed E-state index contributed by atoms with van der Waals surface area (Å²) in [5.41, 5.74) is 3.67. The lowest BCUT2D eigenvalue weighted by Crippen LogP contribution is -2.40. The van der Waals surface area contributed by atoms with Crippen molar-refractivity contribution >= 4 is 29.0 Å². The predicted molar refractivity (Wildman–Crippen MR) is 101 cm³/mol. The molecule has 1 fully saturated rings. The molecule has 1 aliphatic heterocycles. The molecule has 1 N–H and O–H groups in total. The van der Waals surface area contributed by atoms with Gasteiger partial charge in [-0.15, -0.1) is 23.1 Å². The topological polar surface area (TPSA) is 45.2 Å². The van der Waals surface area contributed by atoms with E-state index in [1.54, 1.807) is 23.1 Å². The van der Waals surface area contributed by atoms with E-state index in [4.69, 9.17) is 0 Å². The van der Waals surface area contributed by atoms with Crippen LogP contribution in [0.25, 0.3) is 0 Å². The third-order valence-electron chi connectivity index (χ3n) is 4.39. The van der Waals surface area contributed by atoms with Crippen LogP contribution in [-0.2, 0) is 5.75 Å². The van der Waals surface area contributed by atoms with Gasteiger partial charge in [-0.2, -0.15) is 0 Å². The van der Waals surface area contributed by atoms with Crippen LogP contribution in [0.5, 0.6) is 0 Å². The van der Waals surface area contributed by atoms with Crippen molar-refractivity contribution in [3.63, 3.8) is 0 Å². The van der Waals surface area contributed by atoms with E-state index in [0.29, 0.717) is 6.04 Å². The van der Waals surface area contributed by atoms with Crippen molar-refractivity contribution in [2.45, 2.75) is 36.5 Å². The Labute approximate surface area is 151 Å². The largest absolute Gasteiger partial charge is 0.350 e. The van der Waals surface area contributed by atoms with Gasteiger partial charge in [-0.05, 0) is 38.1 Å². The third-order valence-corrected chi connectivity index (χ3v) is 6.14. The van der Waals surface area contributed by atoms with Crippen LogP contribution >= 0.6 is 23.1 Å². The first kappa shape index (κ1) is 17.5. The van der Waals surface area contributed by atoms with E-state index < -0.39 is 0 Å². The zero-order valence-corrected chi connectivity index (χ0v) is 15.5. The maximum Gasteiger partial charge on any atom is 0.252 e. The number of aromatic nitrogens is 1. The van der Waals surface area contributed by atoms with Crippen LogP contribution in [0.15, 0.2) is 40.1 Å². The van der Waals surface area contributed by atoms with Crippen LogP contribution in [0.2, 0.25) is 0 Å². The highest BCUT2D eigenvalue weighted by Gasteiger charge is 2.23. The first-order chi connectivity index (χ1) is 11.8. The predicted octanol–water partition coefficient (Wildman–Crippen LogP) is 3.65. The number of benzene rings is 1. The Morgan fingerprint density at radius 3 is 3.12 bits per heavy atom. The van der Waals surface area contributed by atoms with E-state index in [1.165, 1.54) is 12.8 Å². The number of likely N-dealkylation sites (tertiary alicyclic amines) is 1. The minimum absolute atomic E-state index is 0.0272. The van der Waals surface area contributed by atoms with Crippen LogP contribution in [-0.4, -0.2) is 41.5 Å².